The summed E-state index contributed by atoms with van der Waals surface area (Å²) in [4.78, 5) is 21.1. The molecule has 1 N–H and O–H groups in total. The van der Waals surface area contributed by atoms with Crippen LogP contribution in [0, 0.1) is 5.92 Å². The van der Waals surface area contributed by atoms with E-state index >= 15 is 0 Å². The average molecular weight is 588 g/mol. The maximum Gasteiger partial charge on any atom is 0.254 e. The maximum absolute atomic E-state index is 13.6. The van der Waals surface area contributed by atoms with Crippen molar-refractivity contribution in [1.82, 2.24) is 15.0 Å². The molecule has 42 heavy (non-hydrogen) atoms. The van der Waals surface area contributed by atoms with Crippen molar-refractivity contribution in [3.63, 3.8) is 0 Å². The summed E-state index contributed by atoms with van der Waals surface area (Å²) in [5, 5.41) is 4.49. The van der Waals surface area contributed by atoms with E-state index in [0.717, 1.165) is 61.2 Å². The zero-order chi connectivity index (χ0) is 28.6. The topological polar surface area (TPSA) is 83.3 Å². The van der Waals surface area contributed by atoms with E-state index in [2.05, 4.69) is 44.9 Å². The Morgan fingerprint density at radius 3 is 2.57 bits per heavy atom. The standard InChI is InChI=1S/C32H37N5O4S/c1-35-11-12-37(18-20-13-25(20)35)31(38)19-14-26(39-2)29(27(15-19)40-3)42-34-30-23-17-32(7-8-32)24-6-5-21(36-9-4-10-36)16-22(24)28(23)41-33-30/h5-6,14-16,20,25H,4,7-13,17-18H2,1-3H3,(H,33,34). The highest BCUT2D eigenvalue weighted by Gasteiger charge is 2.50. The molecule has 220 valence electrons. The number of fused-ring (bicyclic) bond motifs is 5. The van der Waals surface area contributed by atoms with Gasteiger partial charge in [-0.05, 0) is 86.8 Å². The molecule has 3 aliphatic carbocycles. The number of benzene rings is 2. The average Bonchev–Trinajstić information content (AvgIpc) is 3.89. The summed E-state index contributed by atoms with van der Waals surface area (Å²) in [7, 11) is 5.41. The number of aromatic nitrogens is 1. The fourth-order valence-corrected chi connectivity index (χ4v) is 7.95. The van der Waals surface area contributed by atoms with E-state index in [0.29, 0.717) is 29.0 Å². The van der Waals surface area contributed by atoms with E-state index < -0.39 is 0 Å². The van der Waals surface area contributed by atoms with Crippen molar-refractivity contribution in [3.8, 4) is 22.8 Å². The van der Waals surface area contributed by atoms with Crippen LogP contribution in [0.15, 0.2) is 39.8 Å². The first kappa shape index (κ1) is 26.3. The van der Waals surface area contributed by atoms with Crippen LogP contribution in [0.2, 0.25) is 0 Å². The van der Waals surface area contributed by atoms with Crippen molar-refractivity contribution in [2.75, 3.05) is 63.6 Å². The van der Waals surface area contributed by atoms with Crippen molar-refractivity contribution < 1.29 is 18.8 Å². The van der Waals surface area contributed by atoms with Gasteiger partial charge in [0, 0.05) is 66.6 Å². The summed E-state index contributed by atoms with van der Waals surface area (Å²) < 4.78 is 21.0. The van der Waals surface area contributed by atoms with Gasteiger partial charge >= 0.3 is 0 Å². The Morgan fingerprint density at radius 1 is 1.10 bits per heavy atom. The highest BCUT2D eigenvalue weighted by atomic mass is 32.2. The molecule has 2 saturated carbocycles. The molecule has 3 heterocycles. The molecule has 9 nitrogen and oxygen atoms in total. The lowest BCUT2D eigenvalue weighted by molar-refractivity contribution is 0.0750. The third kappa shape index (κ3) is 4.25. The van der Waals surface area contributed by atoms with E-state index in [4.69, 9.17) is 14.0 Å². The summed E-state index contributed by atoms with van der Waals surface area (Å²) in [5.41, 5.74) is 5.73. The van der Waals surface area contributed by atoms with Crippen molar-refractivity contribution >= 4 is 29.4 Å². The van der Waals surface area contributed by atoms with Crippen LogP contribution in [-0.4, -0.2) is 80.9 Å². The van der Waals surface area contributed by atoms with Crippen molar-refractivity contribution in [2.45, 2.75) is 48.5 Å². The second-order valence-corrected chi connectivity index (χ2v) is 13.4. The smallest absolute Gasteiger partial charge is 0.254 e. The Balaban J connectivity index is 1.06. The molecule has 5 aliphatic rings. The Bertz CT molecular complexity index is 1540. The number of ether oxygens (including phenoxy) is 2. The molecule has 2 atom stereocenters. The Labute approximate surface area is 250 Å². The fraction of sp³-hybridized carbons (Fsp3) is 0.500. The van der Waals surface area contributed by atoms with Crippen LogP contribution in [0.25, 0.3) is 11.3 Å². The van der Waals surface area contributed by atoms with Gasteiger partial charge in [0.2, 0.25) is 0 Å². The molecule has 0 bridgehead atoms. The molecule has 1 aromatic heterocycles. The third-order valence-electron chi connectivity index (χ3n) is 10.1. The van der Waals surface area contributed by atoms with Crippen LogP contribution >= 0.6 is 11.9 Å². The van der Waals surface area contributed by atoms with Gasteiger partial charge in [-0.2, -0.15) is 0 Å². The van der Waals surface area contributed by atoms with Gasteiger partial charge in [-0.3, -0.25) is 4.79 Å². The molecule has 4 fully saturated rings. The number of nitrogens with one attached hydrogen (secondary N) is 1. The molecular weight excluding hydrogens is 550 g/mol. The number of methoxy groups -OCH3 is 2. The number of carbonyl (C=O) groups excluding carboxylic acids is 1. The van der Waals surface area contributed by atoms with E-state index in [9.17, 15) is 4.79 Å². The zero-order valence-electron chi connectivity index (χ0n) is 24.4. The SMILES string of the molecule is COc1cc(C(=O)N2CCN(C)C3CC3C2)cc(OC)c1SNc1noc2c1CC1(CC1)c1ccc(N3CCC3)cc1-2. The van der Waals surface area contributed by atoms with E-state index in [-0.39, 0.29) is 11.3 Å². The predicted octanol–water partition coefficient (Wildman–Crippen LogP) is 5.05. The molecule has 3 aromatic rings. The Morgan fingerprint density at radius 2 is 1.88 bits per heavy atom. The van der Waals surface area contributed by atoms with Gasteiger partial charge in [-0.1, -0.05) is 11.2 Å². The van der Waals surface area contributed by atoms with Crippen LogP contribution < -0.4 is 19.1 Å². The second-order valence-electron chi connectivity index (χ2n) is 12.6. The Kier molecular flexibility index (Phi) is 6.16. The van der Waals surface area contributed by atoms with Crippen LogP contribution in [0.1, 0.15) is 47.2 Å². The van der Waals surface area contributed by atoms with Gasteiger partial charge in [-0.15, -0.1) is 0 Å². The van der Waals surface area contributed by atoms with E-state index in [1.54, 1.807) is 14.2 Å². The number of hydrogen-bond donors (Lipinski definition) is 1. The zero-order valence-corrected chi connectivity index (χ0v) is 25.3. The summed E-state index contributed by atoms with van der Waals surface area (Å²) in [5.74, 6) is 3.38. The minimum Gasteiger partial charge on any atom is -0.495 e. The first-order valence-corrected chi connectivity index (χ1v) is 15.9. The number of carbonyl (C=O) groups is 1. The summed E-state index contributed by atoms with van der Waals surface area (Å²) in [6.45, 7) is 4.65. The maximum atomic E-state index is 13.6. The van der Waals surface area contributed by atoms with E-state index in [1.807, 2.05) is 17.0 Å². The molecule has 2 aliphatic heterocycles. The third-order valence-corrected chi connectivity index (χ3v) is 11.0. The Hall–Kier alpha value is -3.37. The van der Waals surface area contributed by atoms with Crippen molar-refractivity contribution in [3.05, 3.63) is 47.0 Å². The quantitative estimate of drug-likeness (QED) is 0.382. The monoisotopic (exact) mass is 587 g/mol. The first-order valence-electron chi connectivity index (χ1n) is 15.0. The molecule has 0 radical (unpaired) electrons. The number of rotatable bonds is 7. The number of anilines is 2. The van der Waals surface area contributed by atoms with Gasteiger partial charge in [0.1, 0.15) is 16.4 Å². The lowest BCUT2D eigenvalue weighted by Gasteiger charge is -2.34. The number of hydrogen-bond acceptors (Lipinski definition) is 9. The molecule has 2 unspecified atom stereocenters. The normalized spacial score (nSPS) is 23.3. The second kappa shape index (κ2) is 9.84. The fourth-order valence-electron chi connectivity index (χ4n) is 7.11. The number of amides is 1. The predicted molar refractivity (Wildman–Crippen MR) is 163 cm³/mol. The lowest BCUT2D eigenvalue weighted by Crippen LogP contribution is -2.37. The number of nitrogens with zero attached hydrogens (tertiary/aromatic N) is 4. The molecule has 2 saturated heterocycles. The molecule has 2 aromatic carbocycles. The van der Waals surface area contributed by atoms with Crippen molar-refractivity contribution in [2.24, 2.45) is 5.92 Å². The molecule has 10 heteroatoms. The lowest BCUT2D eigenvalue weighted by atomic mass is 9.79. The van der Waals surface area contributed by atoms with Gasteiger partial charge in [0.15, 0.2) is 11.6 Å². The van der Waals surface area contributed by atoms with Gasteiger partial charge in [0.05, 0.1) is 14.2 Å². The van der Waals surface area contributed by atoms with Crippen LogP contribution in [-0.2, 0) is 11.8 Å². The van der Waals surface area contributed by atoms with Crippen molar-refractivity contribution in [1.29, 1.82) is 0 Å². The highest BCUT2D eigenvalue weighted by molar-refractivity contribution is 8.00. The first-order chi connectivity index (χ1) is 20.5. The van der Waals surface area contributed by atoms with Gasteiger partial charge in [0.25, 0.3) is 5.91 Å². The molecule has 8 rings (SSSR count). The largest absolute Gasteiger partial charge is 0.495 e. The van der Waals surface area contributed by atoms with Crippen LogP contribution in [0.4, 0.5) is 11.5 Å². The van der Waals surface area contributed by atoms with Gasteiger partial charge < -0.3 is 33.4 Å². The number of likely N-dealkylation sites (N-methyl/N-ethyl adjacent to an activating group) is 1. The molecule has 1 spiro atoms. The van der Waals surface area contributed by atoms with Gasteiger partial charge in [-0.25, -0.2) is 0 Å². The van der Waals surface area contributed by atoms with E-state index in [1.165, 1.54) is 54.4 Å². The summed E-state index contributed by atoms with van der Waals surface area (Å²) in [6, 6.07) is 11.2. The van der Waals surface area contributed by atoms with Crippen LogP contribution in [0.3, 0.4) is 0 Å². The molecular formula is C32H37N5O4S. The highest BCUT2D eigenvalue weighted by Crippen LogP contribution is 2.59. The summed E-state index contributed by atoms with van der Waals surface area (Å²) >= 11 is 1.38. The molecule has 1 amide bonds. The van der Waals surface area contributed by atoms with Crippen LogP contribution in [0.5, 0.6) is 11.5 Å². The summed E-state index contributed by atoms with van der Waals surface area (Å²) in [6.07, 6.45) is 5.71. The minimum absolute atomic E-state index is 0.0219. The minimum atomic E-state index is 0.0219.